The quantitative estimate of drug-likeness (QED) is 0.700. The van der Waals surface area contributed by atoms with Crippen LogP contribution in [0.5, 0.6) is 5.75 Å². The normalized spacial score (nSPS) is 11.1. The van der Waals surface area contributed by atoms with Crippen LogP contribution >= 0.6 is 0 Å². The van der Waals surface area contributed by atoms with Crippen LogP contribution in [-0.4, -0.2) is 23.2 Å². The van der Waals surface area contributed by atoms with Gasteiger partial charge in [-0.15, -0.1) is 0 Å². The Balaban J connectivity index is 2.27. The standard InChI is InChI=1S/C13H15N3O/c14-6-1-2-7-15-13-12-9-11(17)4-3-10(12)5-8-16-13/h1-5,8-9,17H,6-7,14H2,(H,15,16)/b2-1+. The van der Waals surface area contributed by atoms with Gasteiger partial charge in [-0.25, -0.2) is 4.98 Å². The average Bonchev–Trinajstić information content (AvgIpc) is 2.35. The van der Waals surface area contributed by atoms with Gasteiger partial charge >= 0.3 is 0 Å². The Kier molecular flexibility index (Phi) is 3.57. The number of pyridine rings is 1. The number of nitrogens with zero attached hydrogens (tertiary/aromatic N) is 1. The number of nitrogens with two attached hydrogens (primary N) is 1. The van der Waals surface area contributed by atoms with Gasteiger partial charge in [-0.1, -0.05) is 18.2 Å². The van der Waals surface area contributed by atoms with E-state index in [9.17, 15) is 5.11 Å². The molecule has 0 aliphatic carbocycles. The second-order valence-corrected chi connectivity index (χ2v) is 3.65. The summed E-state index contributed by atoms with van der Waals surface area (Å²) in [6.45, 7) is 1.20. The van der Waals surface area contributed by atoms with Crippen LogP contribution in [0.2, 0.25) is 0 Å². The Labute approximate surface area is 99.8 Å². The third-order valence-electron chi connectivity index (χ3n) is 2.44. The van der Waals surface area contributed by atoms with E-state index in [1.165, 1.54) is 0 Å². The monoisotopic (exact) mass is 229 g/mol. The van der Waals surface area contributed by atoms with Gasteiger partial charge in [0.25, 0.3) is 0 Å². The molecule has 88 valence electrons. The molecule has 2 rings (SSSR count). The summed E-state index contributed by atoms with van der Waals surface area (Å²) in [5, 5.41) is 14.6. The molecular formula is C13H15N3O. The summed E-state index contributed by atoms with van der Waals surface area (Å²) in [5.74, 6) is 1.01. The molecule has 0 bridgehead atoms. The second-order valence-electron chi connectivity index (χ2n) is 3.65. The molecule has 1 heterocycles. The smallest absolute Gasteiger partial charge is 0.134 e. The van der Waals surface area contributed by atoms with Crippen LogP contribution in [0.25, 0.3) is 10.8 Å². The molecule has 4 nitrogen and oxygen atoms in total. The first-order valence-corrected chi connectivity index (χ1v) is 5.48. The summed E-state index contributed by atoms with van der Waals surface area (Å²) in [6.07, 6.45) is 5.58. The van der Waals surface area contributed by atoms with Crippen molar-refractivity contribution in [2.45, 2.75) is 0 Å². The highest BCUT2D eigenvalue weighted by Crippen LogP contribution is 2.24. The van der Waals surface area contributed by atoms with Crippen LogP contribution in [-0.2, 0) is 0 Å². The molecule has 0 atom stereocenters. The van der Waals surface area contributed by atoms with Gasteiger partial charge in [0.15, 0.2) is 0 Å². The minimum atomic E-state index is 0.242. The van der Waals surface area contributed by atoms with Crippen LogP contribution in [0.4, 0.5) is 5.82 Å². The van der Waals surface area contributed by atoms with E-state index in [2.05, 4.69) is 10.3 Å². The number of phenolic OH excluding ortho intramolecular Hbond substituents is 1. The minimum Gasteiger partial charge on any atom is -0.508 e. The lowest BCUT2D eigenvalue weighted by Gasteiger charge is -2.07. The van der Waals surface area contributed by atoms with Crippen molar-refractivity contribution in [3.63, 3.8) is 0 Å². The molecule has 0 radical (unpaired) electrons. The highest BCUT2D eigenvalue weighted by Gasteiger charge is 2.01. The lowest BCUT2D eigenvalue weighted by Crippen LogP contribution is -2.02. The summed E-state index contributed by atoms with van der Waals surface area (Å²) in [6, 6.07) is 7.15. The topological polar surface area (TPSA) is 71.2 Å². The molecule has 17 heavy (non-hydrogen) atoms. The molecule has 4 heteroatoms. The van der Waals surface area contributed by atoms with Crippen molar-refractivity contribution in [3.05, 3.63) is 42.6 Å². The highest BCUT2D eigenvalue weighted by atomic mass is 16.3. The Morgan fingerprint density at radius 2 is 2.18 bits per heavy atom. The Morgan fingerprint density at radius 3 is 3.00 bits per heavy atom. The van der Waals surface area contributed by atoms with Crippen molar-refractivity contribution in [2.75, 3.05) is 18.4 Å². The lowest BCUT2D eigenvalue weighted by molar-refractivity contribution is 0.476. The molecule has 0 saturated heterocycles. The summed E-state index contributed by atoms with van der Waals surface area (Å²) in [4.78, 5) is 4.26. The molecule has 0 aliphatic heterocycles. The van der Waals surface area contributed by atoms with Crippen molar-refractivity contribution < 1.29 is 5.11 Å². The number of fused-ring (bicyclic) bond motifs is 1. The average molecular weight is 229 g/mol. The largest absolute Gasteiger partial charge is 0.508 e. The predicted molar refractivity (Wildman–Crippen MR) is 70.1 cm³/mol. The molecule has 4 N–H and O–H groups in total. The number of phenols is 1. The number of hydrogen-bond donors (Lipinski definition) is 3. The first-order valence-electron chi connectivity index (χ1n) is 5.48. The van der Waals surface area contributed by atoms with Crippen LogP contribution in [0.15, 0.2) is 42.6 Å². The van der Waals surface area contributed by atoms with Crippen LogP contribution in [0, 0.1) is 0 Å². The van der Waals surface area contributed by atoms with Crippen molar-refractivity contribution in [3.8, 4) is 5.75 Å². The van der Waals surface area contributed by atoms with Gasteiger partial charge < -0.3 is 16.2 Å². The zero-order valence-electron chi connectivity index (χ0n) is 9.43. The fraction of sp³-hybridized carbons (Fsp3) is 0.154. The minimum absolute atomic E-state index is 0.242. The third kappa shape index (κ3) is 2.73. The zero-order valence-corrected chi connectivity index (χ0v) is 9.43. The van der Waals surface area contributed by atoms with Crippen molar-refractivity contribution >= 4 is 16.6 Å². The van der Waals surface area contributed by atoms with E-state index in [0.29, 0.717) is 13.1 Å². The zero-order chi connectivity index (χ0) is 12.1. The molecule has 0 saturated carbocycles. The van der Waals surface area contributed by atoms with Gasteiger partial charge in [-0.3, -0.25) is 0 Å². The van der Waals surface area contributed by atoms with Crippen molar-refractivity contribution in [1.29, 1.82) is 0 Å². The van der Waals surface area contributed by atoms with Gasteiger partial charge in [-0.05, 0) is 23.6 Å². The number of anilines is 1. The molecular weight excluding hydrogens is 214 g/mol. The maximum absolute atomic E-state index is 9.48. The number of aromatic hydroxyl groups is 1. The maximum atomic E-state index is 9.48. The summed E-state index contributed by atoms with van der Waals surface area (Å²) in [7, 11) is 0. The SMILES string of the molecule is NC/C=C/CNc1nccc2ccc(O)cc12. The van der Waals surface area contributed by atoms with E-state index < -0.39 is 0 Å². The van der Waals surface area contributed by atoms with E-state index in [0.717, 1.165) is 16.6 Å². The molecule has 2 aromatic rings. The lowest BCUT2D eigenvalue weighted by atomic mass is 10.1. The predicted octanol–water partition coefficient (Wildman–Crippen LogP) is 1.87. The van der Waals surface area contributed by atoms with E-state index >= 15 is 0 Å². The van der Waals surface area contributed by atoms with Gasteiger partial charge in [0.2, 0.25) is 0 Å². The summed E-state index contributed by atoms with van der Waals surface area (Å²) < 4.78 is 0. The van der Waals surface area contributed by atoms with Crippen molar-refractivity contribution in [2.24, 2.45) is 5.73 Å². The number of hydrogen-bond acceptors (Lipinski definition) is 4. The van der Waals surface area contributed by atoms with E-state index in [1.54, 1.807) is 18.3 Å². The Hall–Kier alpha value is -2.07. The van der Waals surface area contributed by atoms with Crippen molar-refractivity contribution in [1.82, 2.24) is 4.98 Å². The van der Waals surface area contributed by atoms with Crippen LogP contribution in [0.3, 0.4) is 0 Å². The molecule has 1 aromatic heterocycles. The van der Waals surface area contributed by atoms with Gasteiger partial charge in [0, 0.05) is 24.7 Å². The third-order valence-corrected chi connectivity index (χ3v) is 2.44. The van der Waals surface area contributed by atoms with Crippen LogP contribution < -0.4 is 11.1 Å². The van der Waals surface area contributed by atoms with Gasteiger partial charge in [-0.2, -0.15) is 0 Å². The first kappa shape index (κ1) is 11.4. The number of rotatable bonds is 4. The highest BCUT2D eigenvalue weighted by molar-refractivity contribution is 5.92. The maximum Gasteiger partial charge on any atom is 0.134 e. The Morgan fingerprint density at radius 1 is 1.29 bits per heavy atom. The molecule has 0 unspecified atom stereocenters. The molecule has 0 spiro atoms. The van der Waals surface area contributed by atoms with Gasteiger partial charge in [0.05, 0.1) is 0 Å². The second kappa shape index (κ2) is 5.32. The number of nitrogens with one attached hydrogen (secondary N) is 1. The van der Waals surface area contributed by atoms with Crippen LogP contribution in [0.1, 0.15) is 0 Å². The van der Waals surface area contributed by atoms with E-state index in [4.69, 9.17) is 5.73 Å². The molecule has 0 fully saturated rings. The molecule has 1 aromatic carbocycles. The number of benzene rings is 1. The molecule has 0 amide bonds. The van der Waals surface area contributed by atoms with Gasteiger partial charge in [0.1, 0.15) is 11.6 Å². The van der Waals surface area contributed by atoms with E-state index in [1.807, 2.05) is 24.3 Å². The summed E-state index contributed by atoms with van der Waals surface area (Å²) in [5.41, 5.74) is 5.36. The van der Waals surface area contributed by atoms with E-state index in [-0.39, 0.29) is 5.75 Å². The first-order chi connectivity index (χ1) is 8.31. The Bertz CT molecular complexity index is 537. The fourth-order valence-electron chi connectivity index (χ4n) is 1.63. The fourth-order valence-corrected chi connectivity index (χ4v) is 1.63. The number of aromatic nitrogens is 1. The molecule has 0 aliphatic rings. The summed E-state index contributed by atoms with van der Waals surface area (Å²) >= 11 is 0.